The second-order valence-electron chi connectivity index (χ2n) is 11.2. The fraction of sp³-hybridized carbons (Fsp3) is 0.607. The lowest BCUT2D eigenvalue weighted by atomic mass is 9.70. The first-order valence-corrected chi connectivity index (χ1v) is 13.7. The first-order chi connectivity index (χ1) is 17.4. The van der Waals surface area contributed by atoms with Gasteiger partial charge in [0, 0.05) is 25.7 Å². The average Bonchev–Trinajstić information content (AvgIpc) is 3.63. The van der Waals surface area contributed by atoms with Crippen molar-refractivity contribution in [3.63, 3.8) is 0 Å². The SMILES string of the molecule is CC1(CNC(=O)Cc2ccc(OCCC3CC3C3CCN(c4ncc(Cl)cn4)CC3)cc2F)CCC1. The van der Waals surface area contributed by atoms with Crippen LogP contribution in [0.1, 0.15) is 57.4 Å². The summed E-state index contributed by atoms with van der Waals surface area (Å²) in [6, 6.07) is 4.86. The Hall–Kier alpha value is -2.41. The quantitative estimate of drug-likeness (QED) is 0.457. The number of hydrogen-bond donors (Lipinski definition) is 1. The number of ether oxygens (including phenoxy) is 1. The van der Waals surface area contributed by atoms with E-state index in [1.807, 2.05) is 0 Å². The maximum Gasteiger partial charge on any atom is 0.225 e. The van der Waals surface area contributed by atoms with Gasteiger partial charge in [-0.15, -0.1) is 0 Å². The molecule has 1 saturated heterocycles. The van der Waals surface area contributed by atoms with Crippen LogP contribution in [-0.4, -0.2) is 42.1 Å². The summed E-state index contributed by atoms with van der Waals surface area (Å²) >= 11 is 5.89. The Morgan fingerprint density at radius 3 is 2.67 bits per heavy atom. The normalized spacial score (nSPS) is 23.1. The molecule has 2 saturated carbocycles. The predicted octanol–water partition coefficient (Wildman–Crippen LogP) is 5.44. The second-order valence-corrected chi connectivity index (χ2v) is 11.6. The highest BCUT2D eigenvalue weighted by atomic mass is 35.5. The third kappa shape index (κ3) is 6.28. The molecule has 5 rings (SSSR count). The number of nitrogens with zero attached hydrogens (tertiary/aromatic N) is 3. The van der Waals surface area contributed by atoms with E-state index in [-0.39, 0.29) is 23.6 Å². The molecule has 194 valence electrons. The van der Waals surface area contributed by atoms with Crippen LogP contribution in [-0.2, 0) is 11.2 Å². The van der Waals surface area contributed by atoms with Gasteiger partial charge in [-0.1, -0.05) is 31.0 Å². The molecule has 8 heteroatoms. The van der Waals surface area contributed by atoms with Gasteiger partial charge in [-0.3, -0.25) is 4.79 Å². The zero-order valence-electron chi connectivity index (χ0n) is 21.0. The summed E-state index contributed by atoms with van der Waals surface area (Å²) in [4.78, 5) is 23.1. The summed E-state index contributed by atoms with van der Waals surface area (Å²) in [5, 5.41) is 3.52. The van der Waals surface area contributed by atoms with E-state index in [4.69, 9.17) is 16.3 Å². The van der Waals surface area contributed by atoms with Crippen LogP contribution in [0.25, 0.3) is 0 Å². The summed E-state index contributed by atoms with van der Waals surface area (Å²) in [5.41, 5.74) is 0.632. The summed E-state index contributed by atoms with van der Waals surface area (Å²) in [7, 11) is 0. The van der Waals surface area contributed by atoms with Gasteiger partial charge < -0.3 is 15.0 Å². The minimum atomic E-state index is -0.377. The zero-order valence-corrected chi connectivity index (χ0v) is 21.8. The molecule has 1 aromatic heterocycles. The Morgan fingerprint density at radius 2 is 2.00 bits per heavy atom. The molecule has 2 aromatic rings. The van der Waals surface area contributed by atoms with Crippen LogP contribution in [0.4, 0.5) is 10.3 Å². The number of piperidine rings is 1. The number of halogens is 2. The van der Waals surface area contributed by atoms with Gasteiger partial charge in [0.2, 0.25) is 11.9 Å². The maximum atomic E-state index is 14.6. The van der Waals surface area contributed by atoms with Gasteiger partial charge in [-0.2, -0.15) is 0 Å². The summed E-state index contributed by atoms with van der Waals surface area (Å²) in [6.07, 6.45) is 11.5. The minimum absolute atomic E-state index is 0.0644. The molecule has 1 amide bonds. The number of rotatable bonds is 10. The van der Waals surface area contributed by atoms with Gasteiger partial charge in [0.1, 0.15) is 11.6 Å². The Labute approximate surface area is 218 Å². The van der Waals surface area contributed by atoms with E-state index >= 15 is 0 Å². The van der Waals surface area contributed by atoms with E-state index in [9.17, 15) is 9.18 Å². The molecular weight excluding hydrogens is 479 g/mol. The van der Waals surface area contributed by atoms with E-state index in [1.165, 1.54) is 18.9 Å². The number of benzene rings is 1. The van der Waals surface area contributed by atoms with Crippen molar-refractivity contribution in [3.05, 3.63) is 47.0 Å². The third-order valence-electron chi connectivity index (χ3n) is 8.42. The number of anilines is 1. The molecule has 1 N–H and O–H groups in total. The van der Waals surface area contributed by atoms with Crippen molar-refractivity contribution in [2.75, 3.05) is 31.1 Å². The molecule has 0 bridgehead atoms. The minimum Gasteiger partial charge on any atom is -0.493 e. The molecule has 36 heavy (non-hydrogen) atoms. The smallest absolute Gasteiger partial charge is 0.225 e. The Balaban J connectivity index is 0.998. The number of hydrogen-bond acceptors (Lipinski definition) is 5. The molecule has 0 radical (unpaired) electrons. The van der Waals surface area contributed by atoms with Crippen molar-refractivity contribution in [2.45, 2.75) is 58.3 Å². The molecule has 0 spiro atoms. The van der Waals surface area contributed by atoms with Gasteiger partial charge in [-0.25, -0.2) is 14.4 Å². The number of nitrogens with one attached hydrogen (secondary N) is 1. The number of aromatic nitrogens is 2. The van der Waals surface area contributed by atoms with Crippen molar-refractivity contribution < 1.29 is 13.9 Å². The van der Waals surface area contributed by atoms with Gasteiger partial charge >= 0.3 is 0 Å². The molecular formula is C28H36ClFN4O2. The Morgan fingerprint density at radius 1 is 1.25 bits per heavy atom. The van der Waals surface area contributed by atoms with E-state index in [2.05, 4.69) is 27.1 Å². The topological polar surface area (TPSA) is 67.3 Å². The molecule has 1 aliphatic heterocycles. The van der Waals surface area contributed by atoms with Gasteiger partial charge in [-0.05, 0) is 73.3 Å². The van der Waals surface area contributed by atoms with Crippen LogP contribution < -0.4 is 15.0 Å². The summed E-state index contributed by atoms with van der Waals surface area (Å²) in [5.74, 6) is 3.00. The number of amides is 1. The van der Waals surface area contributed by atoms with Crippen molar-refractivity contribution >= 4 is 23.5 Å². The summed E-state index contributed by atoms with van der Waals surface area (Å²) < 4.78 is 20.4. The van der Waals surface area contributed by atoms with Crippen molar-refractivity contribution in [1.29, 1.82) is 0 Å². The summed E-state index contributed by atoms with van der Waals surface area (Å²) in [6.45, 7) is 5.42. The van der Waals surface area contributed by atoms with Crippen LogP contribution in [0.15, 0.2) is 30.6 Å². The number of carbonyl (C=O) groups excluding carboxylic acids is 1. The second kappa shape index (κ2) is 10.9. The van der Waals surface area contributed by atoms with Crippen molar-refractivity contribution in [1.82, 2.24) is 15.3 Å². The van der Waals surface area contributed by atoms with E-state index in [1.54, 1.807) is 24.5 Å². The molecule has 3 fully saturated rings. The van der Waals surface area contributed by atoms with Crippen LogP contribution in [0.3, 0.4) is 0 Å². The predicted molar refractivity (Wildman–Crippen MR) is 139 cm³/mol. The Kier molecular flexibility index (Phi) is 7.65. The molecule has 2 atom stereocenters. The molecule has 2 heterocycles. The van der Waals surface area contributed by atoms with Crippen LogP contribution >= 0.6 is 11.6 Å². The molecule has 1 aromatic carbocycles. The largest absolute Gasteiger partial charge is 0.493 e. The van der Waals surface area contributed by atoms with E-state index in [0.29, 0.717) is 35.4 Å². The first-order valence-electron chi connectivity index (χ1n) is 13.3. The standard InChI is InChI=1S/C28H36ClFN4O2/c1-28(8-2-9-28)18-33-26(35)14-21-3-4-23(15-25(21)30)36-12-7-20-13-24(20)19-5-10-34(11-6-19)27-31-16-22(29)17-32-27/h3-4,15-17,19-20,24H,2,5-14,18H2,1H3,(H,33,35). The van der Waals surface area contributed by atoms with E-state index < -0.39 is 0 Å². The van der Waals surface area contributed by atoms with Crippen molar-refractivity contribution in [3.8, 4) is 5.75 Å². The molecule has 2 unspecified atom stereocenters. The number of carbonyl (C=O) groups is 1. The lowest BCUT2D eigenvalue weighted by Gasteiger charge is -2.38. The van der Waals surface area contributed by atoms with Crippen LogP contribution in [0.2, 0.25) is 5.02 Å². The molecule has 3 aliphatic rings. The first kappa shape index (κ1) is 25.2. The van der Waals surface area contributed by atoms with Gasteiger partial charge in [0.05, 0.1) is 30.4 Å². The van der Waals surface area contributed by atoms with Crippen molar-refractivity contribution in [2.24, 2.45) is 23.2 Å². The average molecular weight is 515 g/mol. The fourth-order valence-corrected chi connectivity index (χ4v) is 5.87. The van der Waals surface area contributed by atoms with Gasteiger partial charge in [0.15, 0.2) is 0 Å². The maximum absolute atomic E-state index is 14.6. The van der Waals surface area contributed by atoms with Crippen LogP contribution in [0.5, 0.6) is 5.75 Å². The molecule has 6 nitrogen and oxygen atoms in total. The highest BCUT2D eigenvalue weighted by molar-refractivity contribution is 6.30. The lowest BCUT2D eigenvalue weighted by Crippen LogP contribution is -2.40. The highest BCUT2D eigenvalue weighted by Crippen LogP contribution is 2.50. The lowest BCUT2D eigenvalue weighted by molar-refractivity contribution is -0.121. The van der Waals surface area contributed by atoms with E-state index in [0.717, 1.165) is 63.0 Å². The monoisotopic (exact) mass is 514 g/mol. The third-order valence-corrected chi connectivity index (χ3v) is 8.61. The van der Waals surface area contributed by atoms with Crippen LogP contribution in [0, 0.1) is 29.0 Å². The highest BCUT2D eigenvalue weighted by Gasteiger charge is 2.43. The van der Waals surface area contributed by atoms with Gasteiger partial charge in [0.25, 0.3) is 0 Å². The Bertz CT molecular complexity index is 1050. The molecule has 2 aliphatic carbocycles. The zero-order chi connectivity index (χ0) is 25.1. The fourth-order valence-electron chi connectivity index (χ4n) is 5.77.